The van der Waals surface area contributed by atoms with Gasteiger partial charge in [0.15, 0.2) is 0 Å². The predicted octanol–water partition coefficient (Wildman–Crippen LogP) is -3.48. The molecule has 33 nitrogen and oxygen atoms in total. The Morgan fingerprint density at radius 1 is 0.650 bits per heavy atom. The number of amides is 12. The first-order valence-electron chi connectivity index (χ1n) is 34.4. The van der Waals surface area contributed by atoms with Gasteiger partial charge in [0.25, 0.3) is 0 Å². The Balaban J connectivity index is 1.61. The lowest BCUT2D eigenvalue weighted by atomic mass is 9.96. The summed E-state index contributed by atoms with van der Waals surface area (Å²) in [6.07, 6.45) is 0.818. The molecule has 0 bridgehead atoms. The van der Waals surface area contributed by atoms with Gasteiger partial charge in [0, 0.05) is 44.1 Å². The molecule has 1 aromatic rings. The number of aliphatic carboxylic acids is 2. The maximum absolute atomic E-state index is 15.2. The van der Waals surface area contributed by atoms with E-state index in [9.17, 15) is 78.0 Å². The van der Waals surface area contributed by atoms with Crippen molar-refractivity contribution in [3.8, 4) is 0 Å². The number of nitrogens with two attached hydrogens (primary N) is 3. The third-order valence-corrected chi connectivity index (χ3v) is 20.9. The van der Waals surface area contributed by atoms with Crippen molar-refractivity contribution in [2.24, 2.45) is 29.0 Å². The number of benzene rings is 1. The summed E-state index contributed by atoms with van der Waals surface area (Å²) in [6.45, 7) is 6.77. The van der Waals surface area contributed by atoms with Crippen LogP contribution in [-0.2, 0) is 73.5 Å². The van der Waals surface area contributed by atoms with Gasteiger partial charge in [-0.15, -0.1) is 0 Å². The number of carbonyl (C=O) groups excluding carboxylic acids is 12. The zero-order chi connectivity index (χ0) is 73.9. The molecule has 100 heavy (non-hydrogen) atoms. The second-order valence-electron chi connectivity index (χ2n) is 25.9. The monoisotopic (exact) mass is 1450 g/mol. The van der Waals surface area contributed by atoms with Crippen LogP contribution in [0, 0.1) is 11.8 Å². The molecular weight excluding hydrogens is 1340 g/mol. The Bertz CT molecular complexity index is 3010. The number of fused-ring (bicyclic) bond motifs is 2. The van der Waals surface area contributed by atoms with Crippen LogP contribution in [0.3, 0.4) is 0 Å². The Kier molecular flexibility index (Phi) is 34.2. The number of carboxylic acid groups (broad SMARTS) is 2. The minimum atomic E-state index is -1.85. The van der Waals surface area contributed by atoms with Gasteiger partial charge >= 0.3 is 11.9 Å². The molecule has 0 saturated carbocycles. The van der Waals surface area contributed by atoms with E-state index in [-0.39, 0.29) is 95.6 Å². The third kappa shape index (κ3) is 24.0. The highest BCUT2D eigenvalue weighted by Crippen LogP contribution is 2.29. The highest BCUT2D eigenvalue weighted by atomic mass is 33.1. The zero-order valence-electron chi connectivity index (χ0n) is 57.6. The normalized spacial score (nSPS) is 25.5. The molecule has 4 fully saturated rings. The van der Waals surface area contributed by atoms with Gasteiger partial charge in [-0.25, -0.2) is 4.79 Å². The molecule has 12 amide bonds. The minimum Gasteiger partial charge on any atom is -0.481 e. The second-order valence-corrected chi connectivity index (χ2v) is 28.5. The van der Waals surface area contributed by atoms with E-state index in [0.717, 1.165) is 31.4 Å². The van der Waals surface area contributed by atoms with Crippen LogP contribution in [0.5, 0.6) is 0 Å². The number of unbranched alkanes of at least 4 members (excludes halogenated alkanes) is 2. The molecule has 4 aliphatic rings. The van der Waals surface area contributed by atoms with E-state index in [1.165, 1.54) is 16.7 Å². The molecular formula is C65H103N15O18S2. The summed E-state index contributed by atoms with van der Waals surface area (Å²) in [5, 5.41) is 61.8. The molecule has 0 aliphatic carbocycles. The maximum atomic E-state index is 15.2. The molecule has 18 N–H and O–H groups in total. The van der Waals surface area contributed by atoms with Crippen LogP contribution in [0.4, 0.5) is 0 Å². The standard InChI is InChI=1S/C65H103N15O18S2/c1-6-36(3)51-60(92)73-44(56(88)70-41(30-39-18-9-8-10-19-39)61(93)78-27-15-21-46(78)58(90)71-42(65(97)98)31-50(84)85)34-99-100-35-45(72-54(86)40(68)20-11-12-24-66)57(89)76-53(38(5)82)63(95)77(26-14-13-25-67)32-49(83)69-43(33-81)55(87)75-52(37(4)7-2)64(96)80-29-17-23-48(80)62(94)79-28-16-22-47(79)59(91)74-51/h8-10,18-19,36-38,40-48,51-53,81-82H,6-7,11-17,20-35,66-68H2,1-5H3,(H,69,83)(H,70,88)(H,71,90)(H,72,86)(H,73,92)(H,74,91)(H,75,87)(H,76,89)(H,84,85)(H,97,98)/t36-,37-,38-,40-,41-,42-,43-,44-,45-,46-,47-,48-,51-,52-,53-/m0/s1. The second kappa shape index (κ2) is 41.3. The predicted molar refractivity (Wildman–Crippen MR) is 368 cm³/mol. The molecule has 0 unspecified atom stereocenters. The number of nitrogens with zero attached hydrogens (tertiary/aromatic N) is 4. The summed E-state index contributed by atoms with van der Waals surface area (Å²) >= 11 is 0. The van der Waals surface area contributed by atoms with E-state index in [2.05, 4.69) is 42.5 Å². The van der Waals surface area contributed by atoms with Crippen LogP contribution in [-0.4, -0.2) is 265 Å². The first kappa shape index (κ1) is 83.0. The lowest BCUT2D eigenvalue weighted by Crippen LogP contribution is -2.62. The third-order valence-electron chi connectivity index (χ3n) is 18.5. The summed E-state index contributed by atoms with van der Waals surface area (Å²) in [4.78, 5) is 203. The Morgan fingerprint density at radius 3 is 1.86 bits per heavy atom. The van der Waals surface area contributed by atoms with E-state index in [1.807, 2.05) is 0 Å². The Labute approximate surface area is 589 Å². The van der Waals surface area contributed by atoms with E-state index < -0.39 is 193 Å². The first-order chi connectivity index (χ1) is 47.6. The topological polar surface area (TPSA) is 507 Å². The molecule has 4 saturated heterocycles. The molecule has 5 rings (SSSR count). The van der Waals surface area contributed by atoms with E-state index in [4.69, 9.17) is 17.2 Å². The van der Waals surface area contributed by atoms with E-state index >= 15 is 9.59 Å². The van der Waals surface area contributed by atoms with Gasteiger partial charge in [-0.2, -0.15) is 0 Å². The van der Waals surface area contributed by atoms with Crippen LogP contribution in [0.1, 0.15) is 130 Å². The first-order valence-corrected chi connectivity index (χ1v) is 36.9. The smallest absolute Gasteiger partial charge is 0.326 e. The van der Waals surface area contributed by atoms with Gasteiger partial charge in [0.05, 0.1) is 31.7 Å². The van der Waals surface area contributed by atoms with Crippen LogP contribution in [0.2, 0.25) is 0 Å². The number of nitrogens with one attached hydrogen (secondary N) is 8. The van der Waals surface area contributed by atoms with Crippen molar-refractivity contribution >= 4 is 104 Å². The zero-order valence-corrected chi connectivity index (χ0v) is 59.2. The Hall–Kier alpha value is -7.70. The van der Waals surface area contributed by atoms with Gasteiger partial charge in [0.1, 0.15) is 66.5 Å². The Morgan fingerprint density at radius 2 is 1.24 bits per heavy atom. The SMILES string of the molecule is CC[C@H](C)[C@@H]1NC(=O)[C@@H]2CCCN2C(=O)[C@@H]2CCCN2C(=O)[C@H]([C@@H](C)CC)NC(=O)[C@H](CO)NC(=O)CN(CCCCN)C(=O)[C@H]([C@H](C)O)NC(=O)[C@@H](NC(=O)[C@@H](N)CCCCN)CSSC[C@@H](C(=O)N[C@@H](Cc2ccccc2)C(=O)N2CCC[C@H]2C(=O)N[C@@H](CC(=O)O)C(=O)O)NC1=O. The van der Waals surface area contributed by atoms with E-state index in [1.54, 1.807) is 58.0 Å². The molecule has 1 aromatic carbocycles. The number of hydrogen-bond acceptors (Lipinski definition) is 21. The van der Waals surface area contributed by atoms with Gasteiger partial charge in [-0.05, 0) is 102 Å². The molecule has 4 heterocycles. The number of likely N-dealkylation sites (tertiary alicyclic amines) is 1. The lowest BCUT2D eigenvalue weighted by molar-refractivity contribution is -0.149. The molecule has 0 aromatic heterocycles. The molecule has 35 heteroatoms. The van der Waals surface area contributed by atoms with Crippen molar-refractivity contribution in [1.82, 2.24) is 62.1 Å². The lowest BCUT2D eigenvalue weighted by Gasteiger charge is -2.35. The van der Waals surface area contributed by atoms with Crippen molar-refractivity contribution in [2.45, 2.75) is 210 Å². The van der Waals surface area contributed by atoms with Gasteiger partial charge < -0.3 is 99.8 Å². The summed E-state index contributed by atoms with van der Waals surface area (Å²) in [5.74, 6) is -15.4. The summed E-state index contributed by atoms with van der Waals surface area (Å²) in [5.41, 5.74) is 18.3. The number of carbonyl (C=O) groups is 14. The molecule has 0 spiro atoms. The van der Waals surface area contributed by atoms with Gasteiger partial charge in [0.2, 0.25) is 70.9 Å². The van der Waals surface area contributed by atoms with Gasteiger partial charge in [-0.1, -0.05) is 98.9 Å². The molecule has 0 radical (unpaired) electrons. The van der Waals surface area contributed by atoms with Gasteiger partial charge in [-0.3, -0.25) is 62.3 Å². The summed E-state index contributed by atoms with van der Waals surface area (Å²) in [6, 6.07) is -9.00. The summed E-state index contributed by atoms with van der Waals surface area (Å²) in [7, 11) is 1.80. The highest BCUT2D eigenvalue weighted by molar-refractivity contribution is 8.76. The highest BCUT2D eigenvalue weighted by Gasteiger charge is 2.47. The van der Waals surface area contributed by atoms with Crippen LogP contribution in [0.25, 0.3) is 0 Å². The van der Waals surface area contributed by atoms with Crippen molar-refractivity contribution in [3.63, 3.8) is 0 Å². The van der Waals surface area contributed by atoms with Crippen molar-refractivity contribution in [1.29, 1.82) is 0 Å². The number of aliphatic hydroxyl groups is 2. The molecule has 15 atom stereocenters. The number of aliphatic hydroxyl groups excluding tert-OH is 2. The van der Waals surface area contributed by atoms with Crippen LogP contribution < -0.4 is 59.7 Å². The van der Waals surface area contributed by atoms with Crippen LogP contribution >= 0.6 is 21.6 Å². The number of carboxylic acids is 2. The quantitative estimate of drug-likeness (QED) is 0.0316. The maximum Gasteiger partial charge on any atom is 0.326 e. The van der Waals surface area contributed by atoms with E-state index in [0.29, 0.717) is 50.6 Å². The number of rotatable bonds is 26. The van der Waals surface area contributed by atoms with Crippen molar-refractivity contribution < 1.29 is 87.5 Å². The minimum absolute atomic E-state index is 0.0386. The van der Waals surface area contributed by atoms with Crippen molar-refractivity contribution in [3.05, 3.63) is 35.9 Å². The van der Waals surface area contributed by atoms with Crippen molar-refractivity contribution in [2.75, 3.05) is 63.9 Å². The largest absolute Gasteiger partial charge is 0.481 e. The fourth-order valence-corrected chi connectivity index (χ4v) is 14.6. The average Bonchev–Trinajstić information content (AvgIpc) is 1.61. The fraction of sp³-hybridized carbons (Fsp3) is 0.692. The number of hydrogen-bond donors (Lipinski definition) is 15. The summed E-state index contributed by atoms with van der Waals surface area (Å²) < 4.78 is 0. The molecule has 4 aliphatic heterocycles. The fourth-order valence-electron chi connectivity index (χ4n) is 12.3. The van der Waals surface area contributed by atoms with Crippen LogP contribution in [0.15, 0.2) is 30.3 Å². The average molecular weight is 1450 g/mol. The molecule has 558 valence electrons.